The number of nitrogens with one attached hydrogen (secondary N) is 1. The number of hydrogen-bond acceptors (Lipinski definition) is 5. The van der Waals surface area contributed by atoms with Crippen LogP contribution in [0.4, 0.5) is 18.3 Å². The van der Waals surface area contributed by atoms with E-state index in [2.05, 4.69) is 15.5 Å². The standard InChI is InChI=1S/C20H18F3N3OS2/c1-2-15(13-8-4-3-5-9-13)17(27)24-18-25-26-19(29-18)28-12-14-10-6-7-11-16(14)20(21,22)23/h3-11,15H,2,12H2,1H3,(H,24,25,27). The summed E-state index contributed by atoms with van der Waals surface area (Å²) in [4.78, 5) is 12.6. The Morgan fingerprint density at radius 3 is 2.48 bits per heavy atom. The summed E-state index contributed by atoms with van der Waals surface area (Å²) in [7, 11) is 0. The Hall–Kier alpha value is -2.39. The molecular weight excluding hydrogens is 419 g/mol. The Labute approximate surface area is 174 Å². The number of rotatable bonds is 7. The molecule has 2 aromatic carbocycles. The average molecular weight is 438 g/mol. The van der Waals surface area contributed by atoms with E-state index in [0.717, 1.165) is 34.7 Å². The third-order valence-corrected chi connectivity index (χ3v) is 6.26. The maximum absolute atomic E-state index is 13.1. The number of amides is 1. The van der Waals surface area contributed by atoms with Crippen LogP contribution in [0.1, 0.15) is 36.0 Å². The van der Waals surface area contributed by atoms with Gasteiger partial charge in [0.25, 0.3) is 0 Å². The fraction of sp³-hybridized carbons (Fsp3) is 0.250. The van der Waals surface area contributed by atoms with Gasteiger partial charge in [0.1, 0.15) is 0 Å². The highest BCUT2D eigenvalue weighted by molar-refractivity contribution is 8.00. The van der Waals surface area contributed by atoms with E-state index in [1.54, 1.807) is 6.07 Å². The van der Waals surface area contributed by atoms with Crippen LogP contribution in [-0.2, 0) is 16.7 Å². The fourth-order valence-electron chi connectivity index (χ4n) is 2.83. The van der Waals surface area contributed by atoms with Crippen LogP contribution >= 0.6 is 23.1 Å². The summed E-state index contributed by atoms with van der Waals surface area (Å²) in [5, 5.41) is 11.0. The van der Waals surface area contributed by atoms with Gasteiger partial charge in [0.15, 0.2) is 4.34 Å². The van der Waals surface area contributed by atoms with Gasteiger partial charge in [-0.25, -0.2) is 0 Å². The molecule has 1 heterocycles. The summed E-state index contributed by atoms with van der Waals surface area (Å²) < 4.78 is 39.8. The first-order chi connectivity index (χ1) is 13.9. The summed E-state index contributed by atoms with van der Waals surface area (Å²) in [6, 6.07) is 14.9. The molecule has 1 atom stereocenters. The summed E-state index contributed by atoms with van der Waals surface area (Å²) in [6.45, 7) is 1.93. The van der Waals surface area contributed by atoms with Crippen LogP contribution in [0, 0.1) is 0 Å². The van der Waals surface area contributed by atoms with Gasteiger partial charge in [-0.15, -0.1) is 10.2 Å². The maximum Gasteiger partial charge on any atom is 0.416 e. The predicted octanol–water partition coefficient (Wildman–Crippen LogP) is 5.98. The second-order valence-electron chi connectivity index (χ2n) is 6.18. The highest BCUT2D eigenvalue weighted by Crippen LogP contribution is 2.36. The third kappa shape index (κ3) is 5.57. The van der Waals surface area contributed by atoms with Crippen LogP contribution < -0.4 is 5.32 Å². The van der Waals surface area contributed by atoms with Crippen LogP contribution in [0.15, 0.2) is 58.9 Å². The van der Waals surface area contributed by atoms with Crippen molar-refractivity contribution in [2.45, 2.75) is 35.5 Å². The average Bonchev–Trinajstić information content (AvgIpc) is 3.14. The SMILES string of the molecule is CCC(C(=O)Nc1nnc(SCc2ccccc2C(F)(F)F)s1)c1ccccc1. The highest BCUT2D eigenvalue weighted by Gasteiger charge is 2.32. The quantitative estimate of drug-likeness (QED) is 0.365. The number of carbonyl (C=O) groups excluding carboxylic acids is 1. The van der Waals surface area contributed by atoms with Crippen molar-refractivity contribution in [3.8, 4) is 0 Å². The topological polar surface area (TPSA) is 54.9 Å². The van der Waals surface area contributed by atoms with Gasteiger partial charge in [-0.05, 0) is 23.6 Å². The second kappa shape index (κ2) is 9.41. The van der Waals surface area contributed by atoms with Gasteiger partial charge >= 0.3 is 6.18 Å². The first-order valence-electron chi connectivity index (χ1n) is 8.85. The van der Waals surface area contributed by atoms with Crippen LogP contribution in [0.2, 0.25) is 0 Å². The molecule has 0 saturated heterocycles. The number of thioether (sulfide) groups is 1. The zero-order valence-electron chi connectivity index (χ0n) is 15.4. The Balaban J connectivity index is 1.64. The molecule has 0 spiro atoms. The normalized spacial score (nSPS) is 12.6. The third-order valence-electron chi connectivity index (χ3n) is 4.24. The molecule has 1 amide bonds. The van der Waals surface area contributed by atoms with Gasteiger partial charge in [0.2, 0.25) is 11.0 Å². The molecule has 29 heavy (non-hydrogen) atoms. The van der Waals surface area contributed by atoms with E-state index < -0.39 is 11.7 Å². The van der Waals surface area contributed by atoms with E-state index in [9.17, 15) is 18.0 Å². The van der Waals surface area contributed by atoms with E-state index in [0.29, 0.717) is 15.9 Å². The van der Waals surface area contributed by atoms with Crippen molar-refractivity contribution < 1.29 is 18.0 Å². The number of nitrogens with zero attached hydrogens (tertiary/aromatic N) is 2. The molecule has 3 rings (SSSR count). The fourth-order valence-corrected chi connectivity index (χ4v) is 4.59. The first-order valence-corrected chi connectivity index (χ1v) is 10.7. The summed E-state index contributed by atoms with van der Waals surface area (Å²) in [5.74, 6) is -0.386. The molecule has 1 N–H and O–H groups in total. The zero-order chi connectivity index (χ0) is 20.9. The van der Waals surface area contributed by atoms with Gasteiger partial charge in [-0.3, -0.25) is 10.1 Å². The molecule has 152 valence electrons. The van der Waals surface area contributed by atoms with Gasteiger partial charge < -0.3 is 0 Å². The van der Waals surface area contributed by atoms with Crippen LogP contribution in [0.25, 0.3) is 0 Å². The van der Waals surface area contributed by atoms with Gasteiger partial charge in [-0.1, -0.05) is 78.6 Å². The molecular formula is C20H18F3N3OS2. The minimum Gasteiger partial charge on any atom is -0.300 e. The largest absolute Gasteiger partial charge is 0.416 e. The molecule has 0 aliphatic heterocycles. The van der Waals surface area contributed by atoms with Crippen LogP contribution in [0.3, 0.4) is 0 Å². The Morgan fingerprint density at radius 2 is 1.79 bits per heavy atom. The number of benzene rings is 2. The molecule has 4 nitrogen and oxygen atoms in total. The Bertz CT molecular complexity index is 961. The molecule has 1 aromatic heterocycles. The van der Waals surface area contributed by atoms with E-state index in [4.69, 9.17) is 0 Å². The van der Waals surface area contributed by atoms with Gasteiger partial charge in [0, 0.05) is 5.75 Å². The lowest BCUT2D eigenvalue weighted by molar-refractivity contribution is -0.138. The molecule has 9 heteroatoms. The second-order valence-corrected chi connectivity index (χ2v) is 8.38. The molecule has 0 saturated carbocycles. The van der Waals surface area contributed by atoms with Crippen molar-refractivity contribution >= 4 is 34.1 Å². The Kier molecular flexibility index (Phi) is 6.92. The van der Waals surface area contributed by atoms with Crippen molar-refractivity contribution in [2.24, 2.45) is 0 Å². The van der Waals surface area contributed by atoms with Gasteiger partial charge in [0.05, 0.1) is 11.5 Å². The minimum absolute atomic E-state index is 0.111. The van der Waals surface area contributed by atoms with Crippen LogP contribution in [0.5, 0.6) is 0 Å². The lowest BCUT2D eigenvalue weighted by Crippen LogP contribution is -2.20. The zero-order valence-corrected chi connectivity index (χ0v) is 17.1. The minimum atomic E-state index is -4.40. The molecule has 3 aromatic rings. The molecule has 0 fully saturated rings. The van der Waals surface area contributed by atoms with E-state index in [1.165, 1.54) is 12.1 Å². The van der Waals surface area contributed by atoms with Crippen molar-refractivity contribution in [3.05, 3.63) is 71.3 Å². The van der Waals surface area contributed by atoms with Gasteiger partial charge in [-0.2, -0.15) is 13.2 Å². The monoisotopic (exact) mass is 437 g/mol. The lowest BCUT2D eigenvalue weighted by Gasteiger charge is -2.13. The molecule has 0 aliphatic carbocycles. The highest BCUT2D eigenvalue weighted by atomic mass is 32.2. The van der Waals surface area contributed by atoms with E-state index in [-0.39, 0.29) is 23.1 Å². The smallest absolute Gasteiger partial charge is 0.300 e. The maximum atomic E-state index is 13.1. The molecule has 0 bridgehead atoms. The van der Waals surface area contributed by atoms with Crippen molar-refractivity contribution in [1.82, 2.24) is 10.2 Å². The number of anilines is 1. The number of carbonyl (C=O) groups is 1. The van der Waals surface area contributed by atoms with Crippen molar-refractivity contribution in [2.75, 3.05) is 5.32 Å². The molecule has 0 aliphatic rings. The molecule has 0 radical (unpaired) electrons. The van der Waals surface area contributed by atoms with Crippen molar-refractivity contribution in [3.63, 3.8) is 0 Å². The summed E-state index contributed by atoms with van der Waals surface area (Å²) in [5.41, 5.74) is 0.440. The number of hydrogen-bond donors (Lipinski definition) is 1. The van der Waals surface area contributed by atoms with E-state index in [1.807, 2.05) is 37.3 Å². The predicted molar refractivity (Wildman–Crippen MR) is 109 cm³/mol. The number of alkyl halides is 3. The number of halogens is 3. The summed E-state index contributed by atoms with van der Waals surface area (Å²) >= 11 is 2.30. The number of aromatic nitrogens is 2. The lowest BCUT2D eigenvalue weighted by atomic mass is 9.96. The Morgan fingerprint density at radius 1 is 1.10 bits per heavy atom. The van der Waals surface area contributed by atoms with E-state index >= 15 is 0 Å². The van der Waals surface area contributed by atoms with Crippen LogP contribution in [-0.4, -0.2) is 16.1 Å². The first kappa shape index (κ1) is 21.3. The molecule has 1 unspecified atom stereocenters. The van der Waals surface area contributed by atoms with Crippen molar-refractivity contribution in [1.29, 1.82) is 0 Å². The summed E-state index contributed by atoms with van der Waals surface area (Å²) in [6.07, 6.45) is -3.77.